The fourth-order valence-corrected chi connectivity index (χ4v) is 0.976. The lowest BCUT2D eigenvalue weighted by atomic mass is 10.3. The second kappa shape index (κ2) is 3.99. The van der Waals surface area contributed by atoms with E-state index in [4.69, 9.17) is 22.7 Å². The first-order valence-corrected chi connectivity index (χ1v) is 3.98. The number of hydrogen-bond acceptors (Lipinski definition) is 4. The summed E-state index contributed by atoms with van der Waals surface area (Å²) in [5.41, 5.74) is 6.67. The maximum absolute atomic E-state index is 5.33. The number of anilines is 1. The Morgan fingerprint density at radius 2 is 2.31 bits per heavy atom. The van der Waals surface area contributed by atoms with Crippen molar-refractivity contribution in [3.05, 3.63) is 12.0 Å². The Kier molecular flexibility index (Phi) is 2.97. The minimum atomic E-state index is 0.163. The minimum absolute atomic E-state index is 0.163. The molecule has 1 aromatic rings. The third-order valence-corrected chi connectivity index (χ3v) is 1.55. The number of aryl methyl sites for hydroxylation is 1. The van der Waals surface area contributed by atoms with Crippen LogP contribution < -0.4 is 15.8 Å². The van der Waals surface area contributed by atoms with Gasteiger partial charge in [-0.15, -0.1) is 0 Å². The highest BCUT2D eigenvalue weighted by molar-refractivity contribution is 7.80. The standard InChI is InChI=1S/C7H10N4OS/c1-4-5(11-7(8)13)6(12-2)10-3-9-4/h3H,1-2H3,(H3,8,11,13). The Balaban J connectivity index is 3.07. The van der Waals surface area contributed by atoms with Gasteiger partial charge in [0.25, 0.3) is 0 Å². The van der Waals surface area contributed by atoms with Crippen molar-refractivity contribution >= 4 is 23.0 Å². The summed E-state index contributed by atoms with van der Waals surface area (Å²) in [6.07, 6.45) is 1.42. The van der Waals surface area contributed by atoms with Gasteiger partial charge in [-0.1, -0.05) is 0 Å². The first-order chi connectivity index (χ1) is 6.15. The average molecular weight is 198 g/mol. The number of hydrogen-bond donors (Lipinski definition) is 2. The van der Waals surface area contributed by atoms with Gasteiger partial charge in [0.1, 0.15) is 12.0 Å². The molecule has 0 aliphatic carbocycles. The molecule has 0 bridgehead atoms. The first kappa shape index (κ1) is 9.66. The first-order valence-electron chi connectivity index (χ1n) is 3.57. The summed E-state index contributed by atoms with van der Waals surface area (Å²) < 4.78 is 5.00. The van der Waals surface area contributed by atoms with Crippen molar-refractivity contribution in [1.29, 1.82) is 0 Å². The highest BCUT2D eigenvalue weighted by atomic mass is 32.1. The molecule has 0 aromatic carbocycles. The van der Waals surface area contributed by atoms with Gasteiger partial charge >= 0.3 is 0 Å². The number of nitrogens with one attached hydrogen (secondary N) is 1. The molecule has 1 rings (SSSR count). The Bertz CT molecular complexity index is 328. The van der Waals surface area contributed by atoms with Crippen molar-refractivity contribution in [3.63, 3.8) is 0 Å². The van der Waals surface area contributed by atoms with Gasteiger partial charge in [0.15, 0.2) is 5.11 Å². The van der Waals surface area contributed by atoms with Crippen LogP contribution in [0.5, 0.6) is 5.88 Å². The SMILES string of the molecule is COc1ncnc(C)c1NC(N)=S. The quantitative estimate of drug-likeness (QED) is 0.672. The van der Waals surface area contributed by atoms with Crippen LogP contribution in [0.2, 0.25) is 0 Å². The van der Waals surface area contributed by atoms with Crippen molar-refractivity contribution in [2.24, 2.45) is 5.73 Å². The molecular formula is C7H10N4OS. The average Bonchev–Trinajstić information content (AvgIpc) is 2.08. The number of ether oxygens (including phenoxy) is 1. The fraction of sp³-hybridized carbons (Fsp3) is 0.286. The second-order valence-electron chi connectivity index (χ2n) is 2.33. The molecule has 5 nitrogen and oxygen atoms in total. The van der Waals surface area contributed by atoms with E-state index in [1.54, 1.807) is 0 Å². The molecule has 0 fully saturated rings. The summed E-state index contributed by atoms with van der Waals surface area (Å²) in [5, 5.41) is 2.91. The molecule has 0 aliphatic rings. The zero-order chi connectivity index (χ0) is 9.84. The number of thiocarbonyl (C=S) groups is 1. The maximum atomic E-state index is 5.33. The van der Waals surface area contributed by atoms with E-state index < -0.39 is 0 Å². The maximum Gasteiger partial charge on any atom is 0.240 e. The third-order valence-electron chi connectivity index (χ3n) is 1.44. The lowest BCUT2D eigenvalue weighted by Gasteiger charge is -2.09. The summed E-state index contributed by atoms with van der Waals surface area (Å²) in [4.78, 5) is 7.87. The molecule has 0 aliphatic heterocycles. The van der Waals surface area contributed by atoms with E-state index in [2.05, 4.69) is 15.3 Å². The minimum Gasteiger partial charge on any atom is -0.479 e. The van der Waals surface area contributed by atoms with E-state index in [0.29, 0.717) is 11.6 Å². The lowest BCUT2D eigenvalue weighted by molar-refractivity contribution is 0.398. The summed E-state index contributed by atoms with van der Waals surface area (Å²) in [6.45, 7) is 1.81. The molecule has 0 saturated heterocycles. The molecule has 0 spiro atoms. The van der Waals surface area contributed by atoms with Crippen LogP contribution in [0.3, 0.4) is 0 Å². The van der Waals surface area contributed by atoms with Crippen molar-refractivity contribution in [3.8, 4) is 5.88 Å². The third kappa shape index (κ3) is 2.25. The van der Waals surface area contributed by atoms with Gasteiger partial charge in [0.2, 0.25) is 5.88 Å². The molecule has 13 heavy (non-hydrogen) atoms. The predicted octanol–water partition coefficient (Wildman–Crippen LogP) is 0.449. The molecule has 70 valence electrons. The van der Waals surface area contributed by atoms with Crippen LogP contribution in [0.1, 0.15) is 5.69 Å². The van der Waals surface area contributed by atoms with Gasteiger partial charge in [-0.3, -0.25) is 0 Å². The Labute approximate surface area is 81.3 Å². The van der Waals surface area contributed by atoms with Crippen molar-refractivity contribution in [1.82, 2.24) is 9.97 Å². The topological polar surface area (TPSA) is 73.1 Å². The predicted molar refractivity (Wildman–Crippen MR) is 53.7 cm³/mol. The summed E-state index contributed by atoms with van der Waals surface area (Å²) >= 11 is 4.70. The van der Waals surface area contributed by atoms with Crippen LogP contribution in [-0.2, 0) is 0 Å². The van der Waals surface area contributed by atoms with Crippen LogP contribution in [0, 0.1) is 6.92 Å². The molecule has 0 atom stereocenters. The van der Waals surface area contributed by atoms with E-state index in [1.165, 1.54) is 13.4 Å². The number of aromatic nitrogens is 2. The molecule has 0 saturated carbocycles. The monoisotopic (exact) mass is 198 g/mol. The lowest BCUT2D eigenvalue weighted by Crippen LogP contribution is -2.20. The number of methoxy groups -OCH3 is 1. The summed E-state index contributed by atoms with van der Waals surface area (Å²) in [5.74, 6) is 0.431. The summed E-state index contributed by atoms with van der Waals surface area (Å²) in [6, 6.07) is 0. The van der Waals surface area contributed by atoms with Gasteiger partial charge in [0, 0.05) is 0 Å². The number of rotatable bonds is 2. The van der Waals surface area contributed by atoms with Crippen LogP contribution in [0.15, 0.2) is 6.33 Å². The van der Waals surface area contributed by atoms with E-state index in [9.17, 15) is 0 Å². The fourth-order valence-electron chi connectivity index (χ4n) is 0.874. The highest BCUT2D eigenvalue weighted by Gasteiger charge is 2.08. The van der Waals surface area contributed by atoms with Crippen molar-refractivity contribution in [2.45, 2.75) is 6.92 Å². The normalized spacial score (nSPS) is 9.38. The smallest absolute Gasteiger partial charge is 0.240 e. The number of nitrogens with zero attached hydrogens (tertiary/aromatic N) is 2. The van der Waals surface area contributed by atoms with E-state index >= 15 is 0 Å². The zero-order valence-electron chi connectivity index (χ0n) is 7.37. The summed E-state index contributed by atoms with van der Waals surface area (Å²) in [7, 11) is 1.52. The van der Waals surface area contributed by atoms with Crippen LogP contribution >= 0.6 is 12.2 Å². The Morgan fingerprint density at radius 3 is 2.85 bits per heavy atom. The van der Waals surface area contributed by atoms with Crippen molar-refractivity contribution < 1.29 is 4.74 Å². The van der Waals surface area contributed by atoms with Crippen LogP contribution in [0.4, 0.5) is 5.69 Å². The second-order valence-corrected chi connectivity index (χ2v) is 2.77. The zero-order valence-corrected chi connectivity index (χ0v) is 8.18. The van der Waals surface area contributed by atoms with E-state index in [1.807, 2.05) is 6.92 Å². The highest BCUT2D eigenvalue weighted by Crippen LogP contribution is 2.22. The molecule has 1 aromatic heterocycles. The van der Waals surface area contributed by atoms with Gasteiger partial charge in [-0.05, 0) is 19.1 Å². The molecule has 0 amide bonds. The van der Waals surface area contributed by atoms with Gasteiger partial charge in [-0.25, -0.2) is 4.98 Å². The Hall–Kier alpha value is -1.43. The van der Waals surface area contributed by atoms with E-state index in [-0.39, 0.29) is 5.11 Å². The molecule has 0 unspecified atom stereocenters. The molecule has 6 heteroatoms. The molecule has 3 N–H and O–H groups in total. The molecular weight excluding hydrogens is 188 g/mol. The number of nitrogens with two attached hydrogens (primary N) is 1. The van der Waals surface area contributed by atoms with Crippen LogP contribution in [0.25, 0.3) is 0 Å². The van der Waals surface area contributed by atoms with Crippen molar-refractivity contribution in [2.75, 3.05) is 12.4 Å². The molecule has 0 radical (unpaired) electrons. The van der Waals surface area contributed by atoms with Gasteiger partial charge < -0.3 is 15.8 Å². The van der Waals surface area contributed by atoms with Gasteiger partial charge in [-0.2, -0.15) is 4.98 Å². The molecule has 1 heterocycles. The van der Waals surface area contributed by atoms with Crippen LogP contribution in [-0.4, -0.2) is 22.2 Å². The van der Waals surface area contributed by atoms with Gasteiger partial charge in [0.05, 0.1) is 12.8 Å². The Morgan fingerprint density at radius 1 is 1.62 bits per heavy atom. The largest absolute Gasteiger partial charge is 0.479 e. The van der Waals surface area contributed by atoms with E-state index in [0.717, 1.165) is 5.69 Å².